The zero-order valence-corrected chi connectivity index (χ0v) is 17.5. The molecule has 31 heavy (non-hydrogen) atoms. The molecule has 4 rings (SSSR count). The number of aromatic amines is 1. The number of nitrogens with one attached hydrogen (secondary N) is 2. The summed E-state index contributed by atoms with van der Waals surface area (Å²) in [6.45, 7) is -0.283. The molecule has 0 aliphatic heterocycles. The van der Waals surface area contributed by atoms with E-state index in [-0.39, 0.29) is 13.0 Å². The molecule has 0 spiro atoms. The Morgan fingerprint density at radius 1 is 1.13 bits per heavy atom. The van der Waals surface area contributed by atoms with Crippen molar-refractivity contribution in [2.24, 2.45) is 0 Å². The molecular formula is C23H20ClN3O4. The van der Waals surface area contributed by atoms with E-state index in [2.05, 4.69) is 15.3 Å². The first-order valence-electron chi connectivity index (χ1n) is 9.65. The van der Waals surface area contributed by atoms with Gasteiger partial charge in [0.2, 0.25) is 0 Å². The molecule has 0 saturated carbocycles. The second-order valence-electron chi connectivity index (χ2n) is 6.94. The van der Waals surface area contributed by atoms with Crippen LogP contribution in [0.4, 0.5) is 0 Å². The summed E-state index contributed by atoms with van der Waals surface area (Å²) in [5.74, 6) is -0.548. The zero-order chi connectivity index (χ0) is 21.8. The summed E-state index contributed by atoms with van der Waals surface area (Å²) >= 11 is 6.19. The minimum Gasteiger partial charge on any atom is -0.481 e. The number of hydrogen-bond acceptors (Lipinski definition) is 5. The van der Waals surface area contributed by atoms with Crippen LogP contribution in [0.1, 0.15) is 5.56 Å². The van der Waals surface area contributed by atoms with Crippen molar-refractivity contribution >= 4 is 45.3 Å². The van der Waals surface area contributed by atoms with Gasteiger partial charge >= 0.3 is 5.97 Å². The minimum atomic E-state index is -0.847. The van der Waals surface area contributed by atoms with Gasteiger partial charge in [-0.1, -0.05) is 29.8 Å². The van der Waals surface area contributed by atoms with E-state index in [9.17, 15) is 9.59 Å². The molecule has 0 aliphatic carbocycles. The number of amides is 1. The van der Waals surface area contributed by atoms with Gasteiger partial charge < -0.3 is 19.8 Å². The quantitative estimate of drug-likeness (QED) is 0.430. The molecule has 0 bridgehead atoms. The number of hydrogen-bond donors (Lipinski definition) is 2. The van der Waals surface area contributed by atoms with Gasteiger partial charge in [-0.15, -0.1) is 0 Å². The number of para-hydroxylation sites is 1. The lowest BCUT2D eigenvalue weighted by Gasteiger charge is -2.17. The molecule has 158 valence electrons. The topological polar surface area (TPSA) is 93.3 Å². The monoisotopic (exact) mass is 437 g/mol. The second kappa shape index (κ2) is 9.06. The predicted molar refractivity (Wildman–Crippen MR) is 118 cm³/mol. The summed E-state index contributed by atoms with van der Waals surface area (Å²) in [5, 5.41) is 4.96. The lowest BCUT2D eigenvalue weighted by Crippen LogP contribution is -2.44. The Bertz CT molecular complexity index is 1250. The second-order valence-corrected chi connectivity index (χ2v) is 7.35. The highest BCUT2D eigenvalue weighted by molar-refractivity contribution is 6.35. The van der Waals surface area contributed by atoms with Gasteiger partial charge in [0.25, 0.3) is 5.91 Å². The van der Waals surface area contributed by atoms with Crippen molar-refractivity contribution in [2.45, 2.75) is 12.5 Å². The van der Waals surface area contributed by atoms with Gasteiger partial charge in [-0.2, -0.15) is 0 Å². The normalized spacial score (nSPS) is 11.9. The van der Waals surface area contributed by atoms with Gasteiger partial charge in [0, 0.05) is 35.1 Å². The summed E-state index contributed by atoms with van der Waals surface area (Å²) in [6, 6.07) is 13.9. The van der Waals surface area contributed by atoms with Crippen LogP contribution < -0.4 is 10.1 Å². The first-order chi connectivity index (χ1) is 15.1. The number of methoxy groups -OCH3 is 1. The van der Waals surface area contributed by atoms with Crippen LogP contribution in [0.2, 0.25) is 5.02 Å². The predicted octanol–water partition coefficient (Wildman–Crippen LogP) is 3.65. The van der Waals surface area contributed by atoms with Crippen LogP contribution >= 0.6 is 11.6 Å². The minimum absolute atomic E-state index is 0.283. The molecule has 1 amide bonds. The number of aromatic nitrogens is 2. The molecule has 7 nitrogen and oxygen atoms in total. The molecule has 0 unspecified atom stereocenters. The average Bonchev–Trinajstić information content (AvgIpc) is 3.21. The Hall–Kier alpha value is -3.58. The van der Waals surface area contributed by atoms with E-state index < -0.39 is 17.9 Å². The summed E-state index contributed by atoms with van der Waals surface area (Å²) in [4.78, 5) is 32.3. The van der Waals surface area contributed by atoms with E-state index in [0.29, 0.717) is 16.3 Å². The first-order valence-corrected chi connectivity index (χ1v) is 10.0. The van der Waals surface area contributed by atoms with E-state index in [1.165, 1.54) is 7.11 Å². The molecule has 0 fully saturated rings. The fourth-order valence-electron chi connectivity index (χ4n) is 3.46. The molecule has 0 aliphatic rings. The van der Waals surface area contributed by atoms with Crippen molar-refractivity contribution in [1.82, 2.24) is 15.3 Å². The van der Waals surface area contributed by atoms with Gasteiger partial charge in [-0.3, -0.25) is 9.78 Å². The van der Waals surface area contributed by atoms with E-state index >= 15 is 0 Å². The van der Waals surface area contributed by atoms with Crippen LogP contribution in [0.15, 0.2) is 60.9 Å². The maximum atomic E-state index is 12.5. The van der Waals surface area contributed by atoms with Crippen molar-refractivity contribution in [1.29, 1.82) is 0 Å². The summed E-state index contributed by atoms with van der Waals surface area (Å²) in [6.07, 6.45) is 3.74. The third kappa shape index (κ3) is 4.46. The largest absolute Gasteiger partial charge is 0.481 e. The van der Waals surface area contributed by atoms with E-state index in [4.69, 9.17) is 21.1 Å². The van der Waals surface area contributed by atoms with Crippen LogP contribution in [0.3, 0.4) is 0 Å². The molecular weight excluding hydrogens is 418 g/mol. The number of pyridine rings is 1. The van der Waals surface area contributed by atoms with E-state index in [0.717, 1.165) is 21.9 Å². The number of ether oxygens (including phenoxy) is 2. The molecule has 2 aromatic heterocycles. The third-order valence-corrected chi connectivity index (χ3v) is 5.29. The Balaban J connectivity index is 1.46. The number of carbonyl (C=O) groups excluding carboxylic acids is 2. The van der Waals surface area contributed by atoms with Crippen molar-refractivity contribution in [3.63, 3.8) is 0 Å². The van der Waals surface area contributed by atoms with Gasteiger partial charge in [0.05, 0.1) is 12.1 Å². The SMILES string of the molecule is COC(=O)[C@@H](Cc1c[nH]c2ccccc12)NC(=O)COc1ccc(Cl)c2cccnc12. The highest BCUT2D eigenvalue weighted by Crippen LogP contribution is 2.29. The average molecular weight is 438 g/mol. The Morgan fingerprint density at radius 3 is 2.77 bits per heavy atom. The zero-order valence-electron chi connectivity index (χ0n) is 16.7. The van der Waals surface area contributed by atoms with Crippen LogP contribution in [0.25, 0.3) is 21.8 Å². The summed E-state index contributed by atoms with van der Waals surface area (Å²) in [5.41, 5.74) is 2.42. The molecule has 0 radical (unpaired) electrons. The van der Waals surface area contributed by atoms with E-state index in [1.54, 1.807) is 24.4 Å². The van der Waals surface area contributed by atoms with Gasteiger partial charge in [-0.05, 0) is 35.9 Å². The van der Waals surface area contributed by atoms with Gasteiger partial charge in [0.1, 0.15) is 17.3 Å². The number of esters is 1. The third-order valence-electron chi connectivity index (χ3n) is 4.96. The van der Waals surface area contributed by atoms with Gasteiger partial charge in [-0.25, -0.2) is 4.79 Å². The molecule has 2 N–H and O–H groups in total. The van der Waals surface area contributed by atoms with Gasteiger partial charge in [0.15, 0.2) is 6.61 Å². The number of benzene rings is 2. The maximum Gasteiger partial charge on any atom is 0.328 e. The number of nitrogens with zero attached hydrogens (tertiary/aromatic N) is 1. The number of carbonyl (C=O) groups is 2. The number of halogens is 1. The van der Waals surface area contributed by atoms with Crippen LogP contribution in [0.5, 0.6) is 5.75 Å². The fraction of sp³-hybridized carbons (Fsp3) is 0.174. The fourth-order valence-corrected chi connectivity index (χ4v) is 3.68. The molecule has 0 saturated heterocycles. The lowest BCUT2D eigenvalue weighted by atomic mass is 10.0. The molecule has 8 heteroatoms. The maximum absolute atomic E-state index is 12.5. The van der Waals surface area contributed by atoms with Crippen molar-refractivity contribution in [3.8, 4) is 5.75 Å². The highest BCUT2D eigenvalue weighted by Gasteiger charge is 2.23. The van der Waals surface area contributed by atoms with Crippen LogP contribution in [0, 0.1) is 0 Å². The van der Waals surface area contributed by atoms with Crippen molar-refractivity contribution < 1.29 is 19.1 Å². The molecule has 2 heterocycles. The van der Waals surface area contributed by atoms with E-state index in [1.807, 2.05) is 36.5 Å². The molecule has 4 aromatic rings. The van der Waals surface area contributed by atoms with Crippen LogP contribution in [-0.4, -0.2) is 41.6 Å². The number of rotatable bonds is 7. The summed E-state index contributed by atoms with van der Waals surface area (Å²) < 4.78 is 10.5. The molecule has 2 aromatic carbocycles. The van der Waals surface area contributed by atoms with Crippen molar-refractivity contribution in [2.75, 3.05) is 13.7 Å². The number of H-pyrrole nitrogens is 1. The van der Waals surface area contributed by atoms with Crippen LogP contribution in [-0.2, 0) is 20.7 Å². The summed E-state index contributed by atoms with van der Waals surface area (Å²) in [7, 11) is 1.29. The highest BCUT2D eigenvalue weighted by atomic mass is 35.5. The van der Waals surface area contributed by atoms with Crippen molar-refractivity contribution in [3.05, 3.63) is 71.5 Å². The standard InChI is InChI=1S/C23H20ClN3O4/c1-30-23(29)19(11-14-12-26-18-7-3-2-5-15(14)18)27-21(28)13-31-20-9-8-17(24)16-6-4-10-25-22(16)20/h2-10,12,19,26H,11,13H2,1H3,(H,27,28)/t19-/m1/s1. The number of fused-ring (bicyclic) bond motifs is 2. The smallest absolute Gasteiger partial charge is 0.328 e. The molecule has 1 atom stereocenters. The Labute approximate surface area is 183 Å². The lowest BCUT2D eigenvalue weighted by molar-refractivity contribution is -0.145. The first kappa shape index (κ1) is 20.7. The Morgan fingerprint density at radius 2 is 1.94 bits per heavy atom. The Kier molecular flexibility index (Phi) is 6.04.